The smallest absolute Gasteiger partial charge is 0.233 e. The molecule has 1 aliphatic rings. The van der Waals surface area contributed by atoms with E-state index in [0.29, 0.717) is 5.82 Å². The summed E-state index contributed by atoms with van der Waals surface area (Å²) in [6.45, 7) is 6.31. The summed E-state index contributed by atoms with van der Waals surface area (Å²) in [4.78, 5) is 4.72. The number of benzene rings is 1. The molecule has 1 aliphatic heterocycles. The molecule has 0 amide bonds. The van der Waals surface area contributed by atoms with Crippen LogP contribution in [0, 0.1) is 6.92 Å². The Kier molecular flexibility index (Phi) is 4.13. The third-order valence-electron chi connectivity index (χ3n) is 4.55. The molecule has 1 aromatic heterocycles. The number of piperidine rings is 1. The number of rotatable bonds is 3. The Hall–Kier alpha value is -1.20. The van der Waals surface area contributed by atoms with E-state index >= 15 is 0 Å². The van der Waals surface area contributed by atoms with Crippen LogP contribution in [0.5, 0.6) is 0 Å². The highest BCUT2D eigenvalue weighted by molar-refractivity contribution is 9.10. The van der Waals surface area contributed by atoms with Crippen molar-refractivity contribution < 1.29 is 4.52 Å². The summed E-state index contributed by atoms with van der Waals surface area (Å²) < 4.78 is 6.70. The topological polar surface area (TPSA) is 51.0 Å². The maximum absolute atomic E-state index is 5.64. The van der Waals surface area contributed by atoms with Gasteiger partial charge in [0.05, 0.1) is 5.41 Å². The first-order valence-corrected chi connectivity index (χ1v) is 8.25. The van der Waals surface area contributed by atoms with E-state index in [1.165, 1.54) is 0 Å². The maximum Gasteiger partial charge on any atom is 0.233 e. The van der Waals surface area contributed by atoms with Crippen LogP contribution in [0.3, 0.4) is 0 Å². The number of aromatic nitrogens is 2. The Morgan fingerprint density at radius 2 is 2.10 bits per heavy atom. The van der Waals surface area contributed by atoms with Crippen molar-refractivity contribution >= 4 is 15.9 Å². The Bertz CT molecular complexity index is 632. The largest absolute Gasteiger partial charge is 0.338 e. The van der Waals surface area contributed by atoms with Crippen molar-refractivity contribution in [1.82, 2.24) is 15.5 Å². The normalized spacial score (nSPS) is 17.9. The van der Waals surface area contributed by atoms with E-state index in [-0.39, 0.29) is 5.41 Å². The van der Waals surface area contributed by atoms with Crippen molar-refractivity contribution in [3.05, 3.63) is 34.1 Å². The summed E-state index contributed by atoms with van der Waals surface area (Å²) >= 11 is 3.49. The molecular formula is C16H20BrN3O. The average Bonchev–Trinajstić information content (AvgIpc) is 2.98. The molecular weight excluding hydrogens is 330 g/mol. The van der Waals surface area contributed by atoms with Gasteiger partial charge in [0, 0.05) is 10.0 Å². The van der Waals surface area contributed by atoms with E-state index < -0.39 is 0 Å². The SMILES string of the molecule is CCC1(c2nc(-c3ccc(Br)cc3C)no2)CCNCC1. The summed E-state index contributed by atoms with van der Waals surface area (Å²) in [5, 5.41) is 7.63. The number of aryl methyl sites for hydroxylation is 1. The molecule has 0 spiro atoms. The van der Waals surface area contributed by atoms with Gasteiger partial charge in [-0.3, -0.25) is 0 Å². The van der Waals surface area contributed by atoms with E-state index in [9.17, 15) is 0 Å². The molecule has 1 fully saturated rings. The second-order valence-corrected chi connectivity index (χ2v) is 6.68. The first kappa shape index (κ1) is 14.7. The van der Waals surface area contributed by atoms with Crippen LogP contribution < -0.4 is 5.32 Å². The fourth-order valence-corrected chi connectivity index (χ4v) is 3.53. The van der Waals surface area contributed by atoms with Crippen molar-refractivity contribution in [1.29, 1.82) is 0 Å². The zero-order chi connectivity index (χ0) is 14.9. The predicted molar refractivity (Wildman–Crippen MR) is 86.2 cm³/mol. The summed E-state index contributed by atoms with van der Waals surface area (Å²) in [7, 11) is 0. The van der Waals surface area contributed by atoms with Crippen LogP contribution >= 0.6 is 15.9 Å². The Balaban J connectivity index is 1.95. The van der Waals surface area contributed by atoms with Crippen LogP contribution in [0.1, 0.15) is 37.6 Å². The molecule has 0 aliphatic carbocycles. The van der Waals surface area contributed by atoms with Crippen LogP contribution in [0.15, 0.2) is 27.2 Å². The Morgan fingerprint density at radius 3 is 2.76 bits per heavy atom. The number of nitrogens with zero attached hydrogens (tertiary/aromatic N) is 2. The van der Waals surface area contributed by atoms with Gasteiger partial charge >= 0.3 is 0 Å². The number of hydrogen-bond acceptors (Lipinski definition) is 4. The fraction of sp³-hybridized carbons (Fsp3) is 0.500. The Labute approximate surface area is 133 Å². The molecule has 4 nitrogen and oxygen atoms in total. The molecule has 5 heteroatoms. The minimum atomic E-state index is 0.0414. The lowest BCUT2D eigenvalue weighted by Crippen LogP contribution is -2.39. The van der Waals surface area contributed by atoms with Crippen molar-refractivity contribution in [2.24, 2.45) is 0 Å². The fourth-order valence-electron chi connectivity index (χ4n) is 3.05. The van der Waals surface area contributed by atoms with Gasteiger partial charge in [-0.05, 0) is 63.0 Å². The van der Waals surface area contributed by atoms with Gasteiger partial charge in [0.2, 0.25) is 11.7 Å². The van der Waals surface area contributed by atoms with Gasteiger partial charge in [0.25, 0.3) is 0 Å². The molecule has 0 atom stereocenters. The first-order chi connectivity index (χ1) is 10.1. The first-order valence-electron chi connectivity index (χ1n) is 7.46. The van der Waals surface area contributed by atoms with E-state index in [0.717, 1.165) is 53.8 Å². The van der Waals surface area contributed by atoms with Gasteiger partial charge < -0.3 is 9.84 Å². The standard InChI is InChI=1S/C16H20BrN3O/c1-3-16(6-8-18-9-7-16)15-19-14(20-21-15)13-5-4-12(17)10-11(13)2/h4-5,10,18H,3,6-9H2,1-2H3. The van der Waals surface area contributed by atoms with E-state index in [1.807, 2.05) is 12.1 Å². The van der Waals surface area contributed by atoms with Gasteiger partial charge in [-0.15, -0.1) is 0 Å². The van der Waals surface area contributed by atoms with Crippen LogP contribution in [-0.4, -0.2) is 23.2 Å². The maximum atomic E-state index is 5.64. The van der Waals surface area contributed by atoms with E-state index in [4.69, 9.17) is 9.51 Å². The molecule has 3 rings (SSSR count). The average molecular weight is 350 g/mol. The van der Waals surface area contributed by atoms with Crippen LogP contribution in [0.2, 0.25) is 0 Å². The van der Waals surface area contributed by atoms with Crippen molar-refractivity contribution in [3.63, 3.8) is 0 Å². The summed E-state index contributed by atoms with van der Waals surface area (Å²) in [6.07, 6.45) is 3.16. The van der Waals surface area contributed by atoms with E-state index in [1.54, 1.807) is 0 Å². The minimum absolute atomic E-state index is 0.0414. The van der Waals surface area contributed by atoms with Crippen LogP contribution in [0.25, 0.3) is 11.4 Å². The molecule has 1 N–H and O–H groups in total. The summed E-state index contributed by atoms with van der Waals surface area (Å²) in [5.41, 5.74) is 2.22. The molecule has 21 heavy (non-hydrogen) atoms. The van der Waals surface area contributed by atoms with E-state index in [2.05, 4.69) is 46.3 Å². The highest BCUT2D eigenvalue weighted by Crippen LogP contribution is 2.36. The molecule has 2 heterocycles. The lowest BCUT2D eigenvalue weighted by molar-refractivity contribution is 0.216. The quantitative estimate of drug-likeness (QED) is 0.914. The lowest BCUT2D eigenvalue weighted by atomic mass is 9.76. The van der Waals surface area contributed by atoms with Crippen molar-refractivity contribution in [3.8, 4) is 11.4 Å². The second kappa shape index (κ2) is 5.89. The van der Waals surface area contributed by atoms with Crippen LogP contribution in [0.4, 0.5) is 0 Å². The number of nitrogens with one attached hydrogen (secondary N) is 1. The molecule has 112 valence electrons. The third kappa shape index (κ3) is 2.77. The van der Waals surface area contributed by atoms with Gasteiger partial charge in [0.15, 0.2) is 0 Å². The summed E-state index contributed by atoms with van der Waals surface area (Å²) in [5.74, 6) is 1.49. The molecule has 0 bridgehead atoms. The lowest BCUT2D eigenvalue weighted by Gasteiger charge is -2.33. The van der Waals surface area contributed by atoms with Gasteiger partial charge in [0.1, 0.15) is 0 Å². The van der Waals surface area contributed by atoms with Gasteiger partial charge in [-0.1, -0.05) is 28.0 Å². The molecule has 1 saturated heterocycles. The Morgan fingerprint density at radius 1 is 1.33 bits per heavy atom. The molecule has 2 aromatic rings. The highest BCUT2D eigenvalue weighted by Gasteiger charge is 2.37. The number of halogens is 1. The number of hydrogen-bond donors (Lipinski definition) is 1. The van der Waals surface area contributed by atoms with Crippen molar-refractivity contribution in [2.75, 3.05) is 13.1 Å². The second-order valence-electron chi connectivity index (χ2n) is 5.77. The minimum Gasteiger partial charge on any atom is -0.338 e. The molecule has 0 saturated carbocycles. The van der Waals surface area contributed by atoms with Crippen LogP contribution in [-0.2, 0) is 5.41 Å². The molecule has 1 aromatic carbocycles. The third-order valence-corrected chi connectivity index (χ3v) is 5.04. The monoisotopic (exact) mass is 349 g/mol. The zero-order valence-electron chi connectivity index (χ0n) is 12.4. The predicted octanol–water partition coefficient (Wildman–Crippen LogP) is 3.84. The molecule has 0 unspecified atom stereocenters. The zero-order valence-corrected chi connectivity index (χ0v) is 14.0. The summed E-state index contributed by atoms with van der Waals surface area (Å²) in [6, 6.07) is 6.12. The highest BCUT2D eigenvalue weighted by atomic mass is 79.9. The molecule has 0 radical (unpaired) electrons. The van der Waals surface area contributed by atoms with Crippen molar-refractivity contribution in [2.45, 2.75) is 38.5 Å². The van der Waals surface area contributed by atoms with Gasteiger partial charge in [-0.25, -0.2) is 0 Å². The van der Waals surface area contributed by atoms with Gasteiger partial charge in [-0.2, -0.15) is 4.98 Å².